The molecule has 1 aliphatic rings. The van der Waals surface area contributed by atoms with Crippen molar-refractivity contribution in [2.24, 2.45) is 0 Å². The van der Waals surface area contributed by atoms with Crippen LogP contribution in [-0.4, -0.2) is 18.2 Å². The third kappa shape index (κ3) is 4.29. The molecule has 1 unspecified atom stereocenters. The summed E-state index contributed by atoms with van der Waals surface area (Å²) in [6.07, 6.45) is 4.37. The fraction of sp³-hybridized carbons (Fsp3) is 0.190. The van der Waals surface area contributed by atoms with Gasteiger partial charge >= 0.3 is 0 Å². The number of benzene rings is 2. The molecule has 0 bridgehead atoms. The summed E-state index contributed by atoms with van der Waals surface area (Å²) in [5, 5.41) is 0. The van der Waals surface area contributed by atoms with Crippen LogP contribution in [0.4, 0.5) is 0 Å². The Hall–Kier alpha value is -2.02. The SMILES string of the molecule is C1CCOC1.Pc1ncccc1-c1ccccc1-c1ccccc1. The summed E-state index contributed by atoms with van der Waals surface area (Å²) in [5.74, 6) is 0. The number of aromatic nitrogens is 1. The van der Waals surface area contributed by atoms with Crippen molar-refractivity contribution in [3.8, 4) is 22.3 Å². The molecule has 0 aliphatic carbocycles. The molecule has 24 heavy (non-hydrogen) atoms. The maximum atomic E-state index is 4.94. The van der Waals surface area contributed by atoms with Crippen LogP contribution >= 0.6 is 9.24 Å². The number of nitrogens with zero attached hydrogens (tertiary/aromatic N) is 1. The van der Waals surface area contributed by atoms with Crippen molar-refractivity contribution < 1.29 is 4.74 Å². The van der Waals surface area contributed by atoms with Gasteiger partial charge in [0.25, 0.3) is 0 Å². The number of ether oxygens (including phenoxy) is 1. The average Bonchev–Trinajstić information content (AvgIpc) is 3.23. The van der Waals surface area contributed by atoms with Gasteiger partial charge in [0, 0.05) is 25.0 Å². The van der Waals surface area contributed by atoms with Gasteiger partial charge in [-0.1, -0.05) is 69.9 Å². The molecule has 0 amide bonds. The highest BCUT2D eigenvalue weighted by atomic mass is 31.0. The van der Waals surface area contributed by atoms with Gasteiger partial charge in [0.05, 0.1) is 5.44 Å². The van der Waals surface area contributed by atoms with Crippen molar-refractivity contribution in [3.05, 3.63) is 72.9 Å². The van der Waals surface area contributed by atoms with Crippen LogP contribution in [0.2, 0.25) is 0 Å². The van der Waals surface area contributed by atoms with E-state index in [-0.39, 0.29) is 0 Å². The molecule has 0 radical (unpaired) electrons. The highest BCUT2D eigenvalue weighted by Crippen LogP contribution is 2.31. The summed E-state index contributed by atoms with van der Waals surface area (Å²) in [4.78, 5) is 4.35. The van der Waals surface area contributed by atoms with Gasteiger partial charge in [-0.3, -0.25) is 4.98 Å². The van der Waals surface area contributed by atoms with Crippen LogP contribution in [0.3, 0.4) is 0 Å². The van der Waals surface area contributed by atoms with E-state index < -0.39 is 0 Å². The molecular formula is C21H22NOP. The van der Waals surface area contributed by atoms with Gasteiger partial charge < -0.3 is 4.74 Å². The van der Waals surface area contributed by atoms with Gasteiger partial charge in [0.15, 0.2) is 0 Å². The van der Waals surface area contributed by atoms with Crippen LogP contribution in [-0.2, 0) is 4.74 Å². The maximum Gasteiger partial charge on any atom is 0.0647 e. The van der Waals surface area contributed by atoms with E-state index in [0.717, 1.165) is 24.2 Å². The van der Waals surface area contributed by atoms with Crippen molar-refractivity contribution in [2.45, 2.75) is 12.8 Å². The molecule has 1 atom stereocenters. The van der Waals surface area contributed by atoms with E-state index in [9.17, 15) is 0 Å². The fourth-order valence-corrected chi connectivity index (χ4v) is 3.08. The Labute approximate surface area is 146 Å². The Morgan fingerprint density at radius 1 is 0.708 bits per heavy atom. The topological polar surface area (TPSA) is 22.1 Å². The lowest BCUT2D eigenvalue weighted by molar-refractivity contribution is 0.198. The van der Waals surface area contributed by atoms with Gasteiger partial charge in [-0.05, 0) is 35.6 Å². The fourth-order valence-electron chi connectivity index (χ4n) is 2.74. The third-order valence-corrected chi connectivity index (χ3v) is 4.43. The Balaban J connectivity index is 0.000000290. The van der Waals surface area contributed by atoms with Crippen molar-refractivity contribution in [1.29, 1.82) is 0 Å². The highest BCUT2D eigenvalue weighted by Gasteiger charge is 2.08. The van der Waals surface area contributed by atoms with E-state index in [0.29, 0.717) is 0 Å². The number of hydrogen-bond acceptors (Lipinski definition) is 2. The Kier molecular flexibility index (Phi) is 6.12. The van der Waals surface area contributed by atoms with Crippen LogP contribution in [0.15, 0.2) is 72.9 Å². The summed E-state index contributed by atoms with van der Waals surface area (Å²) in [6, 6.07) is 23.0. The molecule has 0 spiro atoms. The highest BCUT2D eigenvalue weighted by molar-refractivity contribution is 7.27. The predicted molar refractivity (Wildman–Crippen MR) is 105 cm³/mol. The van der Waals surface area contributed by atoms with E-state index >= 15 is 0 Å². The Morgan fingerprint density at radius 2 is 1.33 bits per heavy atom. The number of rotatable bonds is 2. The third-order valence-electron chi connectivity index (χ3n) is 3.97. The summed E-state index contributed by atoms with van der Waals surface area (Å²) >= 11 is 0. The quantitative estimate of drug-likeness (QED) is 0.633. The minimum absolute atomic E-state index is 0.978. The molecule has 2 aromatic carbocycles. The van der Waals surface area contributed by atoms with E-state index in [1.807, 2.05) is 18.3 Å². The zero-order chi connectivity index (χ0) is 16.6. The van der Waals surface area contributed by atoms with E-state index in [1.54, 1.807) is 0 Å². The van der Waals surface area contributed by atoms with E-state index in [4.69, 9.17) is 4.74 Å². The van der Waals surface area contributed by atoms with Gasteiger partial charge in [0.1, 0.15) is 0 Å². The summed E-state index contributed by atoms with van der Waals surface area (Å²) in [5.41, 5.74) is 5.82. The molecule has 1 aliphatic heterocycles. The molecule has 2 nitrogen and oxygen atoms in total. The molecule has 1 fully saturated rings. The van der Waals surface area contributed by atoms with E-state index in [2.05, 4.69) is 68.8 Å². The first-order chi connectivity index (χ1) is 11.9. The molecule has 122 valence electrons. The summed E-state index contributed by atoms with van der Waals surface area (Å²) in [7, 11) is 2.71. The molecule has 0 N–H and O–H groups in total. The zero-order valence-electron chi connectivity index (χ0n) is 13.7. The zero-order valence-corrected chi connectivity index (χ0v) is 14.8. The Morgan fingerprint density at radius 3 is 1.96 bits per heavy atom. The standard InChI is InChI=1S/C17H14NP.C4H8O/c19-17-16(11-6-12-18-17)15-10-5-4-9-14(15)13-7-2-1-3-8-13;1-2-4-5-3-1/h1-12H,19H2;1-4H2. The minimum atomic E-state index is 0.978. The predicted octanol–water partition coefficient (Wildman–Crippen LogP) is 4.71. The van der Waals surface area contributed by atoms with Crippen molar-refractivity contribution in [2.75, 3.05) is 13.2 Å². The largest absolute Gasteiger partial charge is 0.381 e. The van der Waals surface area contributed by atoms with E-state index in [1.165, 1.54) is 29.5 Å². The minimum Gasteiger partial charge on any atom is -0.381 e. The summed E-state index contributed by atoms with van der Waals surface area (Å²) in [6.45, 7) is 2.00. The first kappa shape index (κ1) is 16.8. The van der Waals surface area contributed by atoms with Crippen LogP contribution in [0.1, 0.15) is 12.8 Å². The second-order valence-corrected chi connectivity index (χ2v) is 6.21. The van der Waals surface area contributed by atoms with Crippen molar-refractivity contribution in [1.82, 2.24) is 4.98 Å². The lowest BCUT2D eigenvalue weighted by atomic mass is 9.95. The number of hydrogen-bond donors (Lipinski definition) is 0. The normalized spacial score (nSPS) is 13.2. The lowest BCUT2D eigenvalue weighted by Crippen LogP contribution is -2.01. The van der Waals surface area contributed by atoms with Crippen LogP contribution < -0.4 is 5.44 Å². The van der Waals surface area contributed by atoms with Crippen LogP contribution in [0.5, 0.6) is 0 Å². The average molecular weight is 335 g/mol. The maximum absolute atomic E-state index is 4.94. The van der Waals surface area contributed by atoms with Crippen molar-refractivity contribution >= 4 is 14.7 Å². The molecule has 2 heterocycles. The first-order valence-electron chi connectivity index (χ1n) is 8.29. The van der Waals surface area contributed by atoms with Gasteiger partial charge in [0.2, 0.25) is 0 Å². The van der Waals surface area contributed by atoms with Gasteiger partial charge in [-0.15, -0.1) is 0 Å². The first-order valence-corrected chi connectivity index (χ1v) is 8.87. The second kappa shape index (κ2) is 8.73. The van der Waals surface area contributed by atoms with Crippen LogP contribution in [0, 0.1) is 0 Å². The Bertz CT molecular complexity index is 762. The molecule has 4 rings (SSSR count). The van der Waals surface area contributed by atoms with Gasteiger partial charge in [-0.2, -0.15) is 0 Å². The van der Waals surface area contributed by atoms with Gasteiger partial charge in [-0.25, -0.2) is 0 Å². The smallest absolute Gasteiger partial charge is 0.0647 e. The second-order valence-electron chi connectivity index (χ2n) is 5.67. The van der Waals surface area contributed by atoms with Crippen molar-refractivity contribution in [3.63, 3.8) is 0 Å². The summed E-state index contributed by atoms with van der Waals surface area (Å²) < 4.78 is 4.94. The molecule has 0 saturated carbocycles. The van der Waals surface area contributed by atoms with Crippen LogP contribution in [0.25, 0.3) is 22.3 Å². The monoisotopic (exact) mass is 335 g/mol. The molecule has 1 aromatic heterocycles. The molecular weight excluding hydrogens is 313 g/mol. The molecule has 1 saturated heterocycles. The molecule has 3 aromatic rings. The lowest BCUT2D eigenvalue weighted by Gasteiger charge is -2.11. The number of pyridine rings is 1. The molecule has 3 heteroatoms.